The topological polar surface area (TPSA) is 68.3 Å². The molecule has 0 unspecified atom stereocenters. The fourth-order valence-electron chi connectivity index (χ4n) is 1.15. The summed E-state index contributed by atoms with van der Waals surface area (Å²) in [6.45, 7) is 5.35. The second-order valence-corrected chi connectivity index (χ2v) is 4.51. The van der Waals surface area contributed by atoms with Crippen molar-refractivity contribution in [3.05, 3.63) is 29.6 Å². The largest absolute Gasteiger partial charge is 0.456 e. The van der Waals surface area contributed by atoms with Gasteiger partial charge in [-0.25, -0.2) is 4.79 Å². The predicted molar refractivity (Wildman–Crippen MR) is 62.8 cm³/mol. The highest BCUT2D eigenvalue weighted by Crippen LogP contribution is 2.12. The Bertz CT molecular complexity index is 436. The van der Waals surface area contributed by atoms with Crippen LogP contribution in [0, 0.1) is 0 Å². The Morgan fingerprint density at radius 1 is 1.35 bits per heavy atom. The summed E-state index contributed by atoms with van der Waals surface area (Å²) in [7, 11) is 1.50. The molecule has 0 saturated heterocycles. The average molecular weight is 236 g/mol. The van der Waals surface area contributed by atoms with Gasteiger partial charge in [0.1, 0.15) is 11.3 Å². The molecule has 0 spiro atoms. The molecular formula is C12H16N2O3. The first kappa shape index (κ1) is 13.2. The maximum absolute atomic E-state index is 11.7. The van der Waals surface area contributed by atoms with Gasteiger partial charge >= 0.3 is 5.97 Å². The van der Waals surface area contributed by atoms with Crippen LogP contribution in [0.5, 0.6) is 0 Å². The average Bonchev–Trinajstić information content (AvgIpc) is 2.26. The van der Waals surface area contributed by atoms with Crippen molar-refractivity contribution in [1.29, 1.82) is 0 Å². The molecule has 0 radical (unpaired) electrons. The van der Waals surface area contributed by atoms with Crippen molar-refractivity contribution in [2.75, 3.05) is 7.05 Å². The van der Waals surface area contributed by atoms with Gasteiger partial charge in [-0.05, 0) is 32.9 Å². The SMILES string of the molecule is CNC(=O)c1cc(C(=O)OC(C)(C)C)ccn1. The maximum atomic E-state index is 11.7. The molecule has 0 saturated carbocycles. The first-order chi connectivity index (χ1) is 7.83. The fourth-order valence-corrected chi connectivity index (χ4v) is 1.15. The van der Waals surface area contributed by atoms with Gasteiger partial charge in [0.05, 0.1) is 5.56 Å². The number of carbonyl (C=O) groups is 2. The molecule has 0 fully saturated rings. The lowest BCUT2D eigenvalue weighted by Crippen LogP contribution is -2.24. The molecule has 0 aliphatic heterocycles. The van der Waals surface area contributed by atoms with Crippen LogP contribution in [0.15, 0.2) is 18.3 Å². The van der Waals surface area contributed by atoms with Crippen LogP contribution in [0.1, 0.15) is 41.6 Å². The van der Waals surface area contributed by atoms with Gasteiger partial charge in [0.15, 0.2) is 0 Å². The number of aromatic nitrogens is 1. The minimum atomic E-state index is -0.562. The molecule has 1 aromatic rings. The van der Waals surface area contributed by atoms with Crippen LogP contribution in [0.4, 0.5) is 0 Å². The van der Waals surface area contributed by atoms with E-state index in [-0.39, 0.29) is 11.6 Å². The van der Waals surface area contributed by atoms with Crippen LogP contribution in [0.25, 0.3) is 0 Å². The Kier molecular flexibility index (Phi) is 3.83. The van der Waals surface area contributed by atoms with Crippen molar-refractivity contribution >= 4 is 11.9 Å². The highest BCUT2D eigenvalue weighted by atomic mass is 16.6. The third-order valence-corrected chi connectivity index (χ3v) is 1.85. The molecule has 17 heavy (non-hydrogen) atoms. The summed E-state index contributed by atoms with van der Waals surface area (Å²) in [5.41, 5.74) is -0.0579. The zero-order chi connectivity index (χ0) is 13.1. The highest BCUT2D eigenvalue weighted by Gasteiger charge is 2.18. The Morgan fingerprint density at radius 2 is 2.00 bits per heavy atom. The third-order valence-electron chi connectivity index (χ3n) is 1.85. The van der Waals surface area contributed by atoms with Gasteiger partial charge < -0.3 is 10.1 Å². The van der Waals surface area contributed by atoms with Crippen molar-refractivity contribution in [2.45, 2.75) is 26.4 Å². The summed E-state index contributed by atoms with van der Waals surface area (Å²) < 4.78 is 5.19. The summed E-state index contributed by atoms with van der Waals surface area (Å²) >= 11 is 0. The number of rotatable bonds is 2. The second-order valence-electron chi connectivity index (χ2n) is 4.51. The monoisotopic (exact) mass is 236 g/mol. The Labute approximate surface area is 100 Å². The van der Waals surface area contributed by atoms with E-state index in [9.17, 15) is 9.59 Å². The third kappa shape index (κ3) is 3.86. The van der Waals surface area contributed by atoms with Crippen molar-refractivity contribution in [3.63, 3.8) is 0 Å². The van der Waals surface area contributed by atoms with Crippen LogP contribution in [-0.2, 0) is 4.74 Å². The quantitative estimate of drug-likeness (QED) is 0.788. The number of hydrogen-bond acceptors (Lipinski definition) is 4. The summed E-state index contributed by atoms with van der Waals surface area (Å²) in [6, 6.07) is 2.92. The molecule has 0 bridgehead atoms. The lowest BCUT2D eigenvalue weighted by atomic mass is 10.1. The minimum absolute atomic E-state index is 0.191. The summed E-state index contributed by atoms with van der Waals surface area (Å²) in [5.74, 6) is -0.805. The number of nitrogens with zero attached hydrogens (tertiary/aromatic N) is 1. The van der Waals surface area contributed by atoms with Crippen LogP contribution in [0.3, 0.4) is 0 Å². The van der Waals surface area contributed by atoms with Crippen molar-refractivity contribution in [2.24, 2.45) is 0 Å². The van der Waals surface area contributed by atoms with E-state index in [1.54, 1.807) is 20.8 Å². The molecule has 0 aromatic carbocycles. The van der Waals surface area contributed by atoms with Crippen LogP contribution < -0.4 is 5.32 Å². The smallest absolute Gasteiger partial charge is 0.338 e. The van der Waals surface area contributed by atoms with Gasteiger partial charge in [-0.3, -0.25) is 9.78 Å². The molecule has 0 aliphatic carbocycles. The first-order valence-corrected chi connectivity index (χ1v) is 5.25. The van der Waals surface area contributed by atoms with Crippen molar-refractivity contribution < 1.29 is 14.3 Å². The molecule has 5 heteroatoms. The first-order valence-electron chi connectivity index (χ1n) is 5.25. The Hall–Kier alpha value is -1.91. The van der Waals surface area contributed by atoms with Crippen LogP contribution in [0.2, 0.25) is 0 Å². The molecule has 0 atom stereocenters. The standard InChI is InChI=1S/C12H16N2O3/c1-12(2,3)17-11(16)8-5-6-14-9(7-8)10(15)13-4/h5-7H,1-4H3,(H,13,15). The molecule has 1 aromatic heterocycles. The zero-order valence-corrected chi connectivity index (χ0v) is 10.4. The molecule has 92 valence electrons. The van der Waals surface area contributed by atoms with E-state index >= 15 is 0 Å². The van der Waals surface area contributed by atoms with Crippen LogP contribution in [-0.4, -0.2) is 29.5 Å². The molecule has 5 nitrogen and oxygen atoms in total. The predicted octanol–water partition coefficient (Wildman–Crippen LogP) is 1.40. The van der Waals surface area contributed by atoms with E-state index in [4.69, 9.17) is 4.74 Å². The minimum Gasteiger partial charge on any atom is -0.456 e. The fraction of sp³-hybridized carbons (Fsp3) is 0.417. The Morgan fingerprint density at radius 3 is 2.53 bits per heavy atom. The summed E-state index contributed by atoms with van der Waals surface area (Å²) in [5, 5.41) is 2.44. The summed E-state index contributed by atoms with van der Waals surface area (Å²) in [6.07, 6.45) is 1.41. The van der Waals surface area contributed by atoms with Gasteiger partial charge in [0.25, 0.3) is 5.91 Å². The van der Waals surface area contributed by atoms with Gasteiger partial charge in [0.2, 0.25) is 0 Å². The number of ether oxygens (including phenoxy) is 1. The number of hydrogen-bond donors (Lipinski definition) is 1. The number of esters is 1. The zero-order valence-electron chi connectivity index (χ0n) is 10.4. The number of nitrogens with one attached hydrogen (secondary N) is 1. The van der Waals surface area contributed by atoms with Gasteiger partial charge in [-0.15, -0.1) is 0 Å². The van der Waals surface area contributed by atoms with Crippen molar-refractivity contribution in [1.82, 2.24) is 10.3 Å². The lowest BCUT2D eigenvalue weighted by molar-refractivity contribution is 0.00694. The number of pyridine rings is 1. The molecule has 1 rings (SSSR count). The van der Waals surface area contributed by atoms with E-state index in [0.29, 0.717) is 5.56 Å². The van der Waals surface area contributed by atoms with E-state index in [1.807, 2.05) is 0 Å². The van der Waals surface area contributed by atoms with Crippen molar-refractivity contribution in [3.8, 4) is 0 Å². The number of carbonyl (C=O) groups excluding carboxylic acids is 2. The van der Waals surface area contributed by atoms with Gasteiger partial charge in [0, 0.05) is 13.2 Å². The molecule has 1 N–H and O–H groups in total. The van der Waals surface area contributed by atoms with Gasteiger partial charge in [-0.1, -0.05) is 0 Å². The van der Waals surface area contributed by atoms with E-state index < -0.39 is 11.6 Å². The maximum Gasteiger partial charge on any atom is 0.338 e. The Balaban J connectivity index is 2.92. The molecule has 0 aliphatic rings. The van der Waals surface area contributed by atoms with E-state index in [1.165, 1.54) is 25.4 Å². The highest BCUT2D eigenvalue weighted by molar-refractivity contribution is 5.96. The summed E-state index contributed by atoms with van der Waals surface area (Å²) in [4.78, 5) is 27.0. The lowest BCUT2D eigenvalue weighted by Gasteiger charge is -2.19. The molecule has 1 heterocycles. The van der Waals surface area contributed by atoms with Gasteiger partial charge in [-0.2, -0.15) is 0 Å². The van der Waals surface area contributed by atoms with E-state index in [2.05, 4.69) is 10.3 Å². The normalized spacial score (nSPS) is 10.8. The molecular weight excluding hydrogens is 220 g/mol. The molecule has 1 amide bonds. The second kappa shape index (κ2) is 4.95. The van der Waals surface area contributed by atoms with Crippen LogP contribution >= 0.6 is 0 Å². The van der Waals surface area contributed by atoms with E-state index in [0.717, 1.165) is 0 Å². The number of amides is 1.